The highest BCUT2D eigenvalue weighted by Crippen LogP contribution is 2.39. The van der Waals surface area contributed by atoms with Gasteiger partial charge in [0.15, 0.2) is 6.29 Å². The molecule has 2 heterocycles. The zero-order chi connectivity index (χ0) is 30.7. The van der Waals surface area contributed by atoms with Crippen LogP contribution in [0.3, 0.4) is 0 Å². The Bertz CT molecular complexity index is 1500. The number of hydrogen-bond acceptors (Lipinski definition) is 10. The molecule has 0 unspecified atom stereocenters. The van der Waals surface area contributed by atoms with Gasteiger partial charge in [-0.1, -0.05) is 78.5 Å². The van der Waals surface area contributed by atoms with Crippen LogP contribution in [0.5, 0.6) is 0 Å². The van der Waals surface area contributed by atoms with E-state index in [9.17, 15) is 14.7 Å². The van der Waals surface area contributed by atoms with Crippen molar-refractivity contribution in [3.63, 3.8) is 0 Å². The monoisotopic (exact) mass is 618 g/mol. The van der Waals surface area contributed by atoms with Crippen molar-refractivity contribution in [2.24, 2.45) is 0 Å². The number of ether oxygens (including phenoxy) is 3. The summed E-state index contributed by atoms with van der Waals surface area (Å²) in [6, 6.07) is 24.6. The zero-order valence-corrected chi connectivity index (χ0v) is 25.0. The van der Waals surface area contributed by atoms with Crippen LogP contribution < -0.4 is 10.6 Å². The average Bonchev–Trinajstić information content (AvgIpc) is 3.55. The van der Waals surface area contributed by atoms with Crippen LogP contribution in [0.4, 0.5) is 4.79 Å². The number of aliphatic hydroxyl groups excluding tert-OH is 1. The normalized spacial score (nSPS) is 18.0. The highest BCUT2D eigenvalue weighted by Gasteiger charge is 2.32. The number of nitrogens with one attached hydrogen (secondary N) is 2. The first-order valence-electron chi connectivity index (χ1n) is 14.3. The molecule has 0 radical (unpaired) electrons. The van der Waals surface area contributed by atoms with Gasteiger partial charge < -0.3 is 30.0 Å². The Labute approximate surface area is 259 Å². The Morgan fingerprint density at radius 2 is 1.70 bits per heavy atom. The van der Waals surface area contributed by atoms with Gasteiger partial charge >= 0.3 is 12.0 Å². The molecule has 1 aliphatic heterocycles. The fourth-order valence-electron chi connectivity index (χ4n) is 4.59. The molecule has 5 rings (SSSR count). The number of carbonyl (C=O) groups excluding carboxylic acids is 2. The lowest BCUT2D eigenvalue weighted by Crippen LogP contribution is -2.38. The van der Waals surface area contributed by atoms with Gasteiger partial charge in [-0.25, -0.2) is 4.79 Å². The summed E-state index contributed by atoms with van der Waals surface area (Å²) in [7, 11) is 0. The molecule has 1 aliphatic rings. The van der Waals surface area contributed by atoms with E-state index in [1.807, 2.05) is 78.9 Å². The Morgan fingerprint density at radius 1 is 0.977 bits per heavy atom. The van der Waals surface area contributed by atoms with Crippen molar-refractivity contribution in [1.82, 2.24) is 30.8 Å². The Morgan fingerprint density at radius 3 is 2.43 bits per heavy atom. The van der Waals surface area contributed by atoms with E-state index >= 15 is 0 Å². The van der Waals surface area contributed by atoms with Crippen molar-refractivity contribution in [3.05, 3.63) is 101 Å². The van der Waals surface area contributed by atoms with Gasteiger partial charge in [-0.05, 0) is 46.2 Å². The molecular weight excluding hydrogens is 584 g/mol. The number of para-hydroxylation sites is 1. The molecule has 1 saturated heterocycles. The molecule has 230 valence electrons. The van der Waals surface area contributed by atoms with Gasteiger partial charge in [0.25, 0.3) is 0 Å². The van der Waals surface area contributed by atoms with Crippen LogP contribution in [-0.2, 0) is 32.2 Å². The number of benzene rings is 3. The molecule has 3 aromatic carbocycles. The molecule has 0 aliphatic carbocycles. The summed E-state index contributed by atoms with van der Waals surface area (Å²) < 4.78 is 19.4. The minimum absolute atomic E-state index is 0.0266. The lowest BCUT2D eigenvalue weighted by molar-refractivity contribution is -0.245. The van der Waals surface area contributed by atoms with E-state index in [-0.39, 0.29) is 38.5 Å². The van der Waals surface area contributed by atoms with E-state index in [0.717, 1.165) is 27.9 Å². The smallest absolute Gasteiger partial charge is 0.325 e. The predicted molar refractivity (Wildman–Crippen MR) is 162 cm³/mol. The largest absolute Gasteiger partial charge is 0.465 e. The van der Waals surface area contributed by atoms with Crippen molar-refractivity contribution in [3.8, 4) is 5.69 Å². The Kier molecular flexibility index (Phi) is 10.9. The Balaban J connectivity index is 1.25. The number of hydrogen-bond donors (Lipinski definition) is 3. The van der Waals surface area contributed by atoms with Crippen LogP contribution in [0.1, 0.15) is 48.0 Å². The molecule has 44 heavy (non-hydrogen) atoms. The minimum atomic E-state index is -0.628. The second kappa shape index (κ2) is 15.4. The third-order valence-electron chi connectivity index (χ3n) is 6.86. The van der Waals surface area contributed by atoms with Crippen LogP contribution in [0.2, 0.25) is 0 Å². The molecular formula is C31H34N6O6S. The highest BCUT2D eigenvalue weighted by atomic mass is 32.2. The van der Waals surface area contributed by atoms with Crippen LogP contribution in [0.25, 0.3) is 5.69 Å². The molecule has 1 fully saturated rings. The van der Waals surface area contributed by atoms with Crippen molar-refractivity contribution in [1.29, 1.82) is 0 Å². The fourth-order valence-corrected chi connectivity index (χ4v) is 5.50. The molecule has 4 aromatic rings. The summed E-state index contributed by atoms with van der Waals surface area (Å²) in [5.41, 5.74) is 4.40. The number of amides is 2. The van der Waals surface area contributed by atoms with Crippen molar-refractivity contribution >= 4 is 23.8 Å². The third-order valence-corrected chi connectivity index (χ3v) is 7.91. The average molecular weight is 619 g/mol. The molecule has 0 spiro atoms. The number of nitrogens with zero attached hydrogens (tertiary/aromatic N) is 4. The van der Waals surface area contributed by atoms with Gasteiger partial charge in [0, 0.05) is 24.3 Å². The molecule has 0 bridgehead atoms. The number of carbonyl (C=O) groups is 2. The van der Waals surface area contributed by atoms with Gasteiger partial charge in [-0.2, -0.15) is 4.68 Å². The van der Waals surface area contributed by atoms with E-state index in [4.69, 9.17) is 14.2 Å². The summed E-state index contributed by atoms with van der Waals surface area (Å²) in [6.45, 7) is 2.02. The van der Waals surface area contributed by atoms with Gasteiger partial charge in [-0.3, -0.25) is 4.79 Å². The van der Waals surface area contributed by atoms with Crippen LogP contribution in [-0.4, -0.2) is 62.3 Å². The summed E-state index contributed by atoms with van der Waals surface area (Å²) >= 11 is 1.51. The molecule has 3 N–H and O–H groups in total. The first-order chi connectivity index (χ1) is 21.5. The highest BCUT2D eigenvalue weighted by molar-refractivity contribution is 7.99. The quantitative estimate of drug-likeness (QED) is 0.158. The number of aliphatic hydroxyl groups is 1. The number of tetrazole rings is 1. The number of aromatic nitrogens is 4. The van der Waals surface area contributed by atoms with Crippen LogP contribution >= 0.6 is 11.8 Å². The SMILES string of the molecule is CCOC(=O)CNC(=O)NCc1ccc([C@@H]2O[C@H](CSc3nnnn3-c3ccccc3)C[C@H](c3ccc(CO)cc3)O2)cc1. The van der Waals surface area contributed by atoms with Crippen LogP contribution in [0, 0.1) is 0 Å². The maximum absolute atomic E-state index is 12.0. The number of thioether (sulfide) groups is 1. The maximum Gasteiger partial charge on any atom is 0.325 e. The lowest BCUT2D eigenvalue weighted by Gasteiger charge is -2.36. The number of rotatable bonds is 12. The maximum atomic E-state index is 12.0. The summed E-state index contributed by atoms with van der Waals surface area (Å²) in [5, 5.41) is 27.6. The molecule has 13 heteroatoms. The first-order valence-corrected chi connectivity index (χ1v) is 15.2. The van der Waals surface area contributed by atoms with Crippen molar-refractivity contribution in [2.45, 2.75) is 50.2 Å². The van der Waals surface area contributed by atoms with Crippen molar-refractivity contribution < 1.29 is 28.9 Å². The van der Waals surface area contributed by atoms with Gasteiger partial charge in [0.05, 0.1) is 31.1 Å². The predicted octanol–water partition coefficient (Wildman–Crippen LogP) is 3.85. The summed E-state index contributed by atoms with van der Waals surface area (Å²) in [5.74, 6) is 0.106. The second-order valence-corrected chi connectivity index (χ2v) is 10.9. The summed E-state index contributed by atoms with van der Waals surface area (Å²) in [6.07, 6.45) is -0.414. The minimum Gasteiger partial charge on any atom is -0.465 e. The lowest BCUT2D eigenvalue weighted by atomic mass is 10.0. The van der Waals surface area contributed by atoms with Gasteiger partial charge in [-0.15, -0.1) is 5.10 Å². The van der Waals surface area contributed by atoms with Crippen LogP contribution in [0.15, 0.2) is 84.0 Å². The van der Waals surface area contributed by atoms with E-state index in [2.05, 4.69) is 26.2 Å². The molecule has 12 nitrogen and oxygen atoms in total. The first kappa shape index (κ1) is 31.1. The third kappa shape index (κ3) is 8.41. The topological polar surface area (TPSA) is 150 Å². The second-order valence-electron chi connectivity index (χ2n) is 9.95. The number of esters is 1. The van der Waals surface area contributed by atoms with Gasteiger partial charge in [0.2, 0.25) is 5.16 Å². The van der Waals surface area contributed by atoms with Crippen molar-refractivity contribution in [2.75, 3.05) is 18.9 Å². The Hall–Kier alpha value is -4.30. The molecule has 0 saturated carbocycles. The molecule has 1 aromatic heterocycles. The van der Waals surface area contributed by atoms with E-state index in [0.29, 0.717) is 17.3 Å². The van der Waals surface area contributed by atoms with E-state index in [1.165, 1.54) is 11.8 Å². The van der Waals surface area contributed by atoms with Gasteiger partial charge in [0.1, 0.15) is 6.54 Å². The fraction of sp³-hybridized carbons (Fsp3) is 0.323. The standard InChI is InChI=1S/C31H34N6O6S/c1-2-41-28(39)18-33-30(40)32-17-21-8-14-24(15-9-21)29-42-26(16-27(43-29)23-12-10-22(19-38)11-13-23)20-44-31-34-35-36-37(31)25-6-4-3-5-7-25/h3-15,26-27,29,38H,2,16-20H2,1H3,(H2,32,33,40)/t26-,27+,29+/m0/s1. The van der Waals surface area contributed by atoms with E-state index < -0.39 is 18.3 Å². The zero-order valence-electron chi connectivity index (χ0n) is 24.2. The molecule has 2 amide bonds. The summed E-state index contributed by atoms with van der Waals surface area (Å²) in [4.78, 5) is 23.5. The number of urea groups is 1. The van der Waals surface area contributed by atoms with E-state index in [1.54, 1.807) is 11.6 Å². The molecule has 3 atom stereocenters.